The Hall–Kier alpha value is 0.0969. The average Bonchev–Trinajstić information content (AvgIpc) is 2.05. The Kier molecular flexibility index (Phi) is 7.15. The molecular formula is C17H38O3Si. The summed E-state index contributed by atoms with van der Waals surface area (Å²) in [5.74, 6) is 0.604. The molecule has 0 saturated carbocycles. The number of rotatable bonds is 6. The zero-order valence-electron chi connectivity index (χ0n) is 16.2. The van der Waals surface area contributed by atoms with Gasteiger partial charge in [-0.1, -0.05) is 13.8 Å². The lowest BCUT2D eigenvalue weighted by Gasteiger charge is -2.43. The molecule has 0 rings (SSSR count). The van der Waals surface area contributed by atoms with Gasteiger partial charge in [-0.25, -0.2) is 0 Å². The van der Waals surface area contributed by atoms with Gasteiger partial charge in [-0.05, 0) is 74.7 Å². The molecule has 0 unspecified atom stereocenters. The molecular weight excluding hydrogens is 280 g/mol. The van der Waals surface area contributed by atoms with E-state index in [-0.39, 0.29) is 16.8 Å². The minimum Gasteiger partial charge on any atom is -0.368 e. The van der Waals surface area contributed by atoms with Crippen molar-refractivity contribution in [3.05, 3.63) is 0 Å². The molecule has 0 bridgehead atoms. The third-order valence-corrected chi connectivity index (χ3v) is 6.08. The predicted octanol–water partition coefficient (Wildman–Crippen LogP) is 5.42. The molecule has 0 saturated heterocycles. The van der Waals surface area contributed by atoms with Crippen molar-refractivity contribution >= 4 is 8.80 Å². The van der Waals surface area contributed by atoms with Gasteiger partial charge in [0, 0.05) is 6.04 Å². The van der Waals surface area contributed by atoms with Crippen LogP contribution < -0.4 is 0 Å². The highest BCUT2D eigenvalue weighted by molar-refractivity contribution is 6.61. The normalized spacial score (nSPS) is 14.9. The maximum absolute atomic E-state index is 6.42. The van der Waals surface area contributed by atoms with Gasteiger partial charge in [0.15, 0.2) is 0 Å². The lowest BCUT2D eigenvalue weighted by molar-refractivity contribution is -0.0758. The van der Waals surface area contributed by atoms with E-state index in [2.05, 4.69) is 76.2 Å². The molecule has 0 spiro atoms. The SMILES string of the molecule is CC(C)CC[Si](OC(C)(C)C)(OC(C)(C)C)OC(C)(C)C. The second kappa shape index (κ2) is 7.11. The summed E-state index contributed by atoms with van der Waals surface area (Å²) < 4.78 is 19.3. The fourth-order valence-electron chi connectivity index (χ4n) is 2.08. The molecule has 0 fully saturated rings. The van der Waals surface area contributed by atoms with Crippen LogP contribution in [0.25, 0.3) is 0 Å². The Labute approximate surface area is 134 Å². The first-order valence-electron chi connectivity index (χ1n) is 8.14. The smallest absolute Gasteiger partial charge is 0.368 e. The van der Waals surface area contributed by atoms with Gasteiger partial charge in [-0.15, -0.1) is 0 Å². The van der Waals surface area contributed by atoms with Crippen molar-refractivity contribution in [1.29, 1.82) is 0 Å². The summed E-state index contributed by atoms with van der Waals surface area (Å²) >= 11 is 0. The van der Waals surface area contributed by atoms with E-state index in [1.165, 1.54) is 0 Å². The topological polar surface area (TPSA) is 27.7 Å². The van der Waals surface area contributed by atoms with Crippen LogP contribution >= 0.6 is 0 Å². The van der Waals surface area contributed by atoms with Crippen molar-refractivity contribution in [2.75, 3.05) is 0 Å². The fourth-order valence-corrected chi connectivity index (χ4v) is 6.24. The van der Waals surface area contributed by atoms with Crippen molar-refractivity contribution < 1.29 is 13.3 Å². The van der Waals surface area contributed by atoms with Gasteiger partial charge in [-0.3, -0.25) is 0 Å². The van der Waals surface area contributed by atoms with Crippen molar-refractivity contribution in [2.45, 2.75) is 105 Å². The summed E-state index contributed by atoms with van der Waals surface area (Å²) in [7, 11) is -2.76. The summed E-state index contributed by atoms with van der Waals surface area (Å²) in [6, 6.07) is 0.858. The largest absolute Gasteiger partial charge is 0.502 e. The van der Waals surface area contributed by atoms with Crippen molar-refractivity contribution in [3.63, 3.8) is 0 Å². The third kappa shape index (κ3) is 11.3. The Morgan fingerprint density at radius 1 is 0.667 bits per heavy atom. The van der Waals surface area contributed by atoms with Gasteiger partial charge >= 0.3 is 8.80 Å². The van der Waals surface area contributed by atoms with E-state index >= 15 is 0 Å². The van der Waals surface area contributed by atoms with Gasteiger partial charge in [0.25, 0.3) is 0 Å². The third-order valence-electron chi connectivity index (χ3n) is 2.41. The van der Waals surface area contributed by atoms with E-state index in [4.69, 9.17) is 13.3 Å². The predicted molar refractivity (Wildman–Crippen MR) is 92.5 cm³/mol. The molecule has 0 amide bonds. The zero-order chi connectivity index (χ0) is 17.1. The highest BCUT2D eigenvalue weighted by atomic mass is 28.4. The Balaban J connectivity index is 5.46. The zero-order valence-corrected chi connectivity index (χ0v) is 17.2. The highest BCUT2D eigenvalue weighted by Crippen LogP contribution is 2.33. The van der Waals surface area contributed by atoms with Crippen LogP contribution in [-0.2, 0) is 13.3 Å². The molecule has 0 radical (unpaired) electrons. The lowest BCUT2D eigenvalue weighted by atomic mass is 10.2. The van der Waals surface area contributed by atoms with Crippen molar-refractivity contribution in [1.82, 2.24) is 0 Å². The first kappa shape index (κ1) is 21.1. The summed E-state index contributed by atoms with van der Waals surface area (Å²) in [6.45, 7) is 23.1. The van der Waals surface area contributed by atoms with Crippen LogP contribution in [0.4, 0.5) is 0 Å². The maximum atomic E-state index is 6.42. The Bertz CT molecular complexity index is 265. The summed E-state index contributed by atoms with van der Waals surface area (Å²) in [5, 5.41) is 0. The molecule has 0 aliphatic rings. The quantitative estimate of drug-likeness (QED) is 0.612. The molecule has 128 valence electrons. The van der Waals surface area contributed by atoms with E-state index in [9.17, 15) is 0 Å². The Morgan fingerprint density at radius 3 is 1.14 bits per heavy atom. The summed E-state index contributed by atoms with van der Waals surface area (Å²) in [5.41, 5.74) is -0.834. The Morgan fingerprint density at radius 2 is 0.952 bits per heavy atom. The van der Waals surface area contributed by atoms with Crippen LogP contribution in [0.1, 0.15) is 82.6 Å². The lowest BCUT2D eigenvalue weighted by Crippen LogP contribution is -2.57. The monoisotopic (exact) mass is 318 g/mol. The minimum absolute atomic E-state index is 0.278. The van der Waals surface area contributed by atoms with Gasteiger partial charge in [0.1, 0.15) is 0 Å². The summed E-state index contributed by atoms with van der Waals surface area (Å²) in [6.07, 6.45) is 1.05. The van der Waals surface area contributed by atoms with Crippen LogP contribution in [0, 0.1) is 5.92 Å². The van der Waals surface area contributed by atoms with Gasteiger partial charge in [0.2, 0.25) is 0 Å². The minimum atomic E-state index is -2.76. The molecule has 0 N–H and O–H groups in total. The molecule has 0 atom stereocenters. The van der Waals surface area contributed by atoms with Crippen LogP contribution in [0.3, 0.4) is 0 Å². The molecule has 4 heteroatoms. The standard InChI is InChI=1S/C17H38O3Si/c1-14(2)12-13-21(18-15(3,4)5,19-16(6,7)8)20-17(9,10)11/h14H,12-13H2,1-11H3. The average molecular weight is 319 g/mol. The molecule has 0 aromatic heterocycles. The van der Waals surface area contributed by atoms with E-state index in [0.717, 1.165) is 12.5 Å². The van der Waals surface area contributed by atoms with Gasteiger partial charge < -0.3 is 13.3 Å². The molecule has 0 aliphatic heterocycles. The van der Waals surface area contributed by atoms with Crippen molar-refractivity contribution in [3.8, 4) is 0 Å². The number of hydrogen-bond donors (Lipinski definition) is 0. The maximum Gasteiger partial charge on any atom is 0.502 e. The molecule has 3 nitrogen and oxygen atoms in total. The molecule has 0 aromatic carbocycles. The van der Waals surface area contributed by atoms with Gasteiger partial charge in [-0.2, -0.15) is 0 Å². The van der Waals surface area contributed by atoms with Gasteiger partial charge in [0.05, 0.1) is 16.8 Å². The summed E-state index contributed by atoms with van der Waals surface area (Å²) in [4.78, 5) is 0. The molecule has 0 aromatic rings. The molecule has 0 aliphatic carbocycles. The molecule has 21 heavy (non-hydrogen) atoms. The van der Waals surface area contributed by atoms with Crippen molar-refractivity contribution in [2.24, 2.45) is 5.92 Å². The first-order valence-corrected chi connectivity index (χ1v) is 10.1. The van der Waals surface area contributed by atoms with Crippen LogP contribution in [0.15, 0.2) is 0 Å². The number of hydrogen-bond acceptors (Lipinski definition) is 3. The van der Waals surface area contributed by atoms with E-state index in [0.29, 0.717) is 5.92 Å². The van der Waals surface area contributed by atoms with E-state index in [1.807, 2.05) is 0 Å². The van der Waals surface area contributed by atoms with Crippen LogP contribution in [0.5, 0.6) is 0 Å². The van der Waals surface area contributed by atoms with E-state index in [1.54, 1.807) is 0 Å². The second-order valence-electron chi connectivity index (χ2n) is 9.26. The highest BCUT2D eigenvalue weighted by Gasteiger charge is 2.49. The van der Waals surface area contributed by atoms with E-state index < -0.39 is 8.80 Å². The second-order valence-corrected chi connectivity index (χ2v) is 11.7. The van der Waals surface area contributed by atoms with Crippen LogP contribution in [0.2, 0.25) is 6.04 Å². The fraction of sp³-hybridized carbons (Fsp3) is 1.00. The van der Waals surface area contributed by atoms with Crippen LogP contribution in [-0.4, -0.2) is 25.6 Å². The molecule has 0 heterocycles. The first-order chi connectivity index (χ1) is 9.04.